The van der Waals surface area contributed by atoms with Gasteiger partial charge < -0.3 is 5.11 Å². The van der Waals surface area contributed by atoms with E-state index < -0.39 is 0 Å². The van der Waals surface area contributed by atoms with Crippen molar-refractivity contribution in [2.24, 2.45) is 17.8 Å². The molecule has 90 valence electrons. The van der Waals surface area contributed by atoms with E-state index in [1.54, 1.807) is 0 Å². The molecular formula is C13H26OS. The Kier molecular flexibility index (Phi) is 6.06. The number of thioether (sulfide) groups is 1. The van der Waals surface area contributed by atoms with E-state index in [4.69, 9.17) is 0 Å². The third kappa shape index (κ3) is 4.36. The van der Waals surface area contributed by atoms with Crippen molar-refractivity contribution in [3.63, 3.8) is 0 Å². The second kappa shape index (κ2) is 6.80. The summed E-state index contributed by atoms with van der Waals surface area (Å²) in [6.45, 7) is 6.88. The Balaban J connectivity index is 2.24. The summed E-state index contributed by atoms with van der Waals surface area (Å²) in [7, 11) is 0. The Morgan fingerprint density at radius 3 is 2.60 bits per heavy atom. The van der Waals surface area contributed by atoms with Gasteiger partial charge in [0.1, 0.15) is 0 Å². The lowest BCUT2D eigenvalue weighted by Crippen LogP contribution is -2.30. The topological polar surface area (TPSA) is 20.2 Å². The first-order chi connectivity index (χ1) is 7.15. The van der Waals surface area contributed by atoms with Crippen molar-refractivity contribution in [1.29, 1.82) is 0 Å². The highest BCUT2D eigenvalue weighted by molar-refractivity contribution is 7.99. The molecule has 0 saturated heterocycles. The molecule has 0 radical (unpaired) electrons. The lowest BCUT2D eigenvalue weighted by atomic mass is 9.74. The number of hydrogen-bond donors (Lipinski definition) is 1. The molecule has 1 aliphatic rings. The lowest BCUT2D eigenvalue weighted by Gasteiger charge is -2.34. The highest BCUT2D eigenvalue weighted by atomic mass is 32.2. The van der Waals surface area contributed by atoms with Crippen LogP contribution >= 0.6 is 11.8 Å². The van der Waals surface area contributed by atoms with Crippen molar-refractivity contribution < 1.29 is 5.11 Å². The van der Waals surface area contributed by atoms with Crippen molar-refractivity contribution in [3.05, 3.63) is 0 Å². The number of aliphatic hydroxyl groups excluding tert-OH is 1. The maximum absolute atomic E-state index is 10.1. The minimum absolute atomic E-state index is 0.0588. The van der Waals surface area contributed by atoms with Gasteiger partial charge in [-0.3, -0.25) is 0 Å². The molecule has 4 atom stereocenters. The molecule has 1 saturated carbocycles. The average Bonchev–Trinajstić information content (AvgIpc) is 2.22. The van der Waals surface area contributed by atoms with E-state index in [2.05, 4.69) is 20.8 Å². The van der Waals surface area contributed by atoms with Gasteiger partial charge in [-0.1, -0.05) is 27.2 Å². The van der Waals surface area contributed by atoms with Crippen LogP contribution in [0.15, 0.2) is 0 Å². The molecule has 1 fully saturated rings. The van der Waals surface area contributed by atoms with E-state index in [1.165, 1.54) is 31.4 Å². The summed E-state index contributed by atoms with van der Waals surface area (Å²) in [5.41, 5.74) is 0. The maximum atomic E-state index is 10.1. The Hall–Kier alpha value is 0.310. The van der Waals surface area contributed by atoms with E-state index in [9.17, 15) is 5.11 Å². The summed E-state index contributed by atoms with van der Waals surface area (Å²) < 4.78 is 0. The van der Waals surface area contributed by atoms with Crippen LogP contribution in [0.4, 0.5) is 0 Å². The molecule has 0 spiro atoms. The predicted octanol–water partition coefficient (Wildman–Crippen LogP) is 3.56. The number of rotatable bonds is 5. The monoisotopic (exact) mass is 230 g/mol. The van der Waals surface area contributed by atoms with E-state index >= 15 is 0 Å². The van der Waals surface area contributed by atoms with Crippen molar-refractivity contribution in [2.45, 2.75) is 52.6 Å². The quantitative estimate of drug-likeness (QED) is 0.729. The van der Waals surface area contributed by atoms with Gasteiger partial charge in [0.2, 0.25) is 0 Å². The van der Waals surface area contributed by atoms with E-state index in [-0.39, 0.29) is 6.10 Å². The van der Waals surface area contributed by atoms with Crippen molar-refractivity contribution in [2.75, 3.05) is 11.5 Å². The first kappa shape index (κ1) is 13.4. The van der Waals surface area contributed by atoms with Gasteiger partial charge in [0, 0.05) is 5.75 Å². The Bertz CT molecular complexity index is 172. The fourth-order valence-electron chi connectivity index (χ4n) is 2.42. The van der Waals surface area contributed by atoms with Crippen LogP contribution in [0, 0.1) is 17.8 Å². The van der Waals surface area contributed by atoms with Gasteiger partial charge in [-0.2, -0.15) is 11.8 Å². The molecule has 15 heavy (non-hydrogen) atoms. The van der Waals surface area contributed by atoms with Crippen molar-refractivity contribution in [1.82, 2.24) is 0 Å². The summed E-state index contributed by atoms with van der Waals surface area (Å²) in [4.78, 5) is 0. The third-order valence-electron chi connectivity index (χ3n) is 3.82. The lowest BCUT2D eigenvalue weighted by molar-refractivity contribution is 0.0729. The summed E-state index contributed by atoms with van der Waals surface area (Å²) >= 11 is 1.91. The predicted molar refractivity (Wildman–Crippen MR) is 69.3 cm³/mol. The van der Waals surface area contributed by atoms with Crippen LogP contribution in [0.1, 0.15) is 46.5 Å². The van der Waals surface area contributed by atoms with Gasteiger partial charge >= 0.3 is 0 Å². The largest absolute Gasteiger partial charge is 0.392 e. The molecule has 0 aromatic heterocycles. The SMILES string of the molecule is CCCSCC(O)C1CCC(C)C(C)C1. The highest BCUT2D eigenvalue weighted by Gasteiger charge is 2.28. The molecule has 1 N–H and O–H groups in total. The van der Waals surface area contributed by atoms with Gasteiger partial charge in [0.25, 0.3) is 0 Å². The zero-order valence-electron chi connectivity index (χ0n) is 10.4. The van der Waals surface area contributed by atoms with Crippen LogP contribution in [0.2, 0.25) is 0 Å². The molecule has 1 nitrogen and oxygen atoms in total. The molecule has 0 amide bonds. The fraction of sp³-hybridized carbons (Fsp3) is 1.00. The second-order valence-electron chi connectivity index (χ2n) is 5.17. The van der Waals surface area contributed by atoms with Crippen LogP contribution in [-0.4, -0.2) is 22.7 Å². The van der Waals surface area contributed by atoms with Crippen molar-refractivity contribution in [3.8, 4) is 0 Å². The van der Waals surface area contributed by atoms with Crippen LogP contribution in [-0.2, 0) is 0 Å². The average molecular weight is 230 g/mol. The van der Waals surface area contributed by atoms with E-state index in [0.29, 0.717) is 5.92 Å². The summed E-state index contributed by atoms with van der Waals surface area (Å²) in [6, 6.07) is 0. The molecule has 0 aliphatic heterocycles. The van der Waals surface area contributed by atoms with Crippen molar-refractivity contribution >= 4 is 11.8 Å². The van der Waals surface area contributed by atoms with Gasteiger partial charge in [-0.25, -0.2) is 0 Å². The maximum Gasteiger partial charge on any atom is 0.0658 e. The first-order valence-electron chi connectivity index (χ1n) is 6.41. The highest BCUT2D eigenvalue weighted by Crippen LogP contribution is 2.35. The molecule has 1 aliphatic carbocycles. The number of aliphatic hydroxyl groups is 1. The van der Waals surface area contributed by atoms with Gasteiger partial charge in [-0.05, 0) is 42.8 Å². The minimum atomic E-state index is -0.0588. The van der Waals surface area contributed by atoms with Crippen LogP contribution in [0.3, 0.4) is 0 Å². The van der Waals surface area contributed by atoms with E-state index in [1.807, 2.05) is 11.8 Å². The van der Waals surface area contributed by atoms with Crippen LogP contribution < -0.4 is 0 Å². The standard InChI is InChI=1S/C13H26OS/c1-4-7-15-9-13(14)12-6-5-10(2)11(3)8-12/h10-14H,4-9H2,1-3H3. The zero-order chi connectivity index (χ0) is 11.3. The molecule has 0 aromatic carbocycles. The Morgan fingerprint density at radius 1 is 1.27 bits per heavy atom. The second-order valence-corrected chi connectivity index (χ2v) is 6.32. The molecule has 0 heterocycles. The molecule has 0 bridgehead atoms. The normalized spacial score (nSPS) is 34.0. The fourth-order valence-corrected chi connectivity index (χ4v) is 3.39. The molecule has 1 rings (SSSR count). The smallest absolute Gasteiger partial charge is 0.0658 e. The van der Waals surface area contributed by atoms with E-state index in [0.717, 1.165) is 17.6 Å². The van der Waals surface area contributed by atoms with Gasteiger partial charge in [0.05, 0.1) is 6.10 Å². The molecular weight excluding hydrogens is 204 g/mol. The Morgan fingerprint density at radius 2 is 2.00 bits per heavy atom. The van der Waals surface area contributed by atoms with Crippen LogP contribution in [0.25, 0.3) is 0 Å². The molecule has 0 aromatic rings. The molecule has 2 heteroatoms. The summed E-state index contributed by atoms with van der Waals surface area (Å²) in [5, 5.41) is 10.1. The molecule has 4 unspecified atom stereocenters. The zero-order valence-corrected chi connectivity index (χ0v) is 11.2. The summed E-state index contributed by atoms with van der Waals surface area (Å²) in [6.07, 6.45) is 4.93. The summed E-state index contributed by atoms with van der Waals surface area (Å²) in [5.74, 6) is 4.36. The third-order valence-corrected chi connectivity index (χ3v) is 5.09. The number of hydrogen-bond acceptors (Lipinski definition) is 2. The first-order valence-corrected chi connectivity index (χ1v) is 7.56. The van der Waals surface area contributed by atoms with Gasteiger partial charge in [0.15, 0.2) is 0 Å². The Labute approximate surface area is 99.0 Å². The minimum Gasteiger partial charge on any atom is -0.392 e. The van der Waals surface area contributed by atoms with Crippen LogP contribution in [0.5, 0.6) is 0 Å². The van der Waals surface area contributed by atoms with Gasteiger partial charge in [-0.15, -0.1) is 0 Å².